The van der Waals surface area contributed by atoms with Gasteiger partial charge in [0.2, 0.25) is 0 Å². The van der Waals surface area contributed by atoms with Gasteiger partial charge in [-0.2, -0.15) is 0 Å². The van der Waals surface area contributed by atoms with Gasteiger partial charge in [-0.25, -0.2) is 0 Å². The Labute approximate surface area is 133 Å². The lowest BCUT2D eigenvalue weighted by Gasteiger charge is -2.53. The molecule has 2 nitrogen and oxygen atoms in total. The summed E-state index contributed by atoms with van der Waals surface area (Å²) in [5.74, 6) is 0.756. The van der Waals surface area contributed by atoms with E-state index < -0.39 is 0 Å². The fourth-order valence-electron chi connectivity index (χ4n) is 5.48. The Morgan fingerprint density at radius 1 is 1.05 bits per heavy atom. The fraction of sp³-hybridized carbons (Fsp3) is 1.00. The van der Waals surface area contributed by atoms with Crippen molar-refractivity contribution in [1.82, 2.24) is 10.2 Å². The molecule has 0 aromatic heterocycles. The molecule has 1 saturated heterocycles. The van der Waals surface area contributed by atoms with E-state index in [0.717, 1.165) is 18.5 Å². The largest absolute Gasteiger partial charge is 0.314 e. The first-order valence-electron chi connectivity index (χ1n) is 9.14. The Balaban J connectivity index is 2.08. The molecule has 3 unspecified atom stereocenters. The minimum Gasteiger partial charge on any atom is -0.314 e. The van der Waals surface area contributed by atoms with Crippen molar-refractivity contribution < 1.29 is 0 Å². The van der Waals surface area contributed by atoms with Gasteiger partial charge >= 0.3 is 0 Å². The second kappa shape index (κ2) is 6.20. The maximum atomic E-state index is 3.69. The highest BCUT2D eigenvalue weighted by atomic mass is 15.2. The quantitative estimate of drug-likeness (QED) is 0.835. The van der Waals surface area contributed by atoms with Crippen molar-refractivity contribution in [1.29, 1.82) is 0 Å². The van der Waals surface area contributed by atoms with E-state index >= 15 is 0 Å². The summed E-state index contributed by atoms with van der Waals surface area (Å²) in [6.45, 7) is 19.4. The summed E-state index contributed by atoms with van der Waals surface area (Å²) in [5, 5.41) is 3.69. The van der Waals surface area contributed by atoms with Crippen LogP contribution in [0.5, 0.6) is 0 Å². The smallest absolute Gasteiger partial charge is 0.0120 e. The SMILES string of the molecule is CCNC1CCN(C2CC(C)(C)CC(C)(C)C2)C(C)C1C. The van der Waals surface area contributed by atoms with Crippen molar-refractivity contribution in [2.75, 3.05) is 13.1 Å². The lowest BCUT2D eigenvalue weighted by atomic mass is 9.63. The molecule has 0 bridgehead atoms. The molecule has 0 aromatic rings. The average molecular weight is 295 g/mol. The standard InChI is InChI=1S/C19H38N2/c1-8-20-17-9-10-21(15(3)14(17)2)16-11-18(4,5)13-19(6,7)12-16/h14-17,20H,8-13H2,1-7H3. The summed E-state index contributed by atoms with van der Waals surface area (Å²) in [6.07, 6.45) is 5.43. The molecule has 1 N–H and O–H groups in total. The molecule has 21 heavy (non-hydrogen) atoms. The topological polar surface area (TPSA) is 15.3 Å². The lowest BCUT2D eigenvalue weighted by molar-refractivity contribution is -0.0257. The van der Waals surface area contributed by atoms with E-state index in [2.05, 4.69) is 58.7 Å². The van der Waals surface area contributed by atoms with Crippen LogP contribution in [0.3, 0.4) is 0 Å². The predicted molar refractivity (Wildman–Crippen MR) is 92.6 cm³/mol. The number of nitrogens with zero attached hydrogens (tertiary/aromatic N) is 1. The molecule has 1 aliphatic carbocycles. The van der Waals surface area contributed by atoms with E-state index in [9.17, 15) is 0 Å². The Kier molecular flexibility index (Phi) is 5.10. The third kappa shape index (κ3) is 4.01. The van der Waals surface area contributed by atoms with Crippen LogP contribution in [-0.2, 0) is 0 Å². The van der Waals surface area contributed by atoms with Crippen LogP contribution in [0.2, 0.25) is 0 Å². The van der Waals surface area contributed by atoms with Gasteiger partial charge in [-0.3, -0.25) is 4.90 Å². The molecule has 124 valence electrons. The molecule has 0 radical (unpaired) electrons. The van der Waals surface area contributed by atoms with E-state index in [1.165, 1.54) is 32.2 Å². The summed E-state index contributed by atoms with van der Waals surface area (Å²) in [7, 11) is 0. The summed E-state index contributed by atoms with van der Waals surface area (Å²) in [6, 6.07) is 2.20. The molecule has 3 atom stereocenters. The third-order valence-corrected chi connectivity index (χ3v) is 6.09. The highest BCUT2D eigenvalue weighted by Crippen LogP contribution is 2.48. The van der Waals surface area contributed by atoms with Gasteiger partial charge in [0.25, 0.3) is 0 Å². The first kappa shape index (κ1) is 17.3. The maximum absolute atomic E-state index is 3.69. The van der Waals surface area contributed by atoms with Crippen LogP contribution in [0.1, 0.15) is 74.1 Å². The highest BCUT2D eigenvalue weighted by molar-refractivity contribution is 4.98. The summed E-state index contributed by atoms with van der Waals surface area (Å²) >= 11 is 0. The van der Waals surface area contributed by atoms with Crippen LogP contribution in [0.4, 0.5) is 0 Å². The Hall–Kier alpha value is -0.0800. The Bertz CT molecular complexity index is 331. The van der Waals surface area contributed by atoms with E-state index in [4.69, 9.17) is 0 Å². The van der Waals surface area contributed by atoms with E-state index in [-0.39, 0.29) is 0 Å². The van der Waals surface area contributed by atoms with Crippen LogP contribution in [-0.4, -0.2) is 36.1 Å². The van der Waals surface area contributed by atoms with Gasteiger partial charge in [-0.15, -0.1) is 0 Å². The monoisotopic (exact) mass is 294 g/mol. The van der Waals surface area contributed by atoms with Crippen molar-refractivity contribution in [2.24, 2.45) is 16.7 Å². The number of piperidine rings is 1. The molecule has 2 aliphatic rings. The second-order valence-corrected chi connectivity index (χ2v) is 9.36. The maximum Gasteiger partial charge on any atom is 0.0120 e. The normalized spacial score (nSPS) is 37.6. The van der Waals surface area contributed by atoms with E-state index in [1.807, 2.05) is 0 Å². The predicted octanol–water partition coefficient (Wildman–Crippen LogP) is 4.30. The molecular formula is C19H38N2. The summed E-state index contributed by atoms with van der Waals surface area (Å²) in [5.41, 5.74) is 0.988. The number of likely N-dealkylation sites (tertiary alicyclic amines) is 1. The third-order valence-electron chi connectivity index (χ3n) is 6.09. The number of hydrogen-bond acceptors (Lipinski definition) is 2. The molecule has 2 fully saturated rings. The molecule has 2 rings (SSSR count). The first-order chi connectivity index (χ1) is 9.65. The van der Waals surface area contributed by atoms with E-state index in [0.29, 0.717) is 22.9 Å². The van der Waals surface area contributed by atoms with Crippen LogP contribution >= 0.6 is 0 Å². The first-order valence-corrected chi connectivity index (χ1v) is 9.14. The van der Waals surface area contributed by atoms with Crippen LogP contribution < -0.4 is 5.32 Å². The van der Waals surface area contributed by atoms with Crippen molar-refractivity contribution in [3.8, 4) is 0 Å². The van der Waals surface area contributed by atoms with Crippen molar-refractivity contribution in [3.63, 3.8) is 0 Å². The molecule has 2 heteroatoms. The average Bonchev–Trinajstić information content (AvgIpc) is 2.31. The van der Waals surface area contributed by atoms with Crippen LogP contribution in [0.15, 0.2) is 0 Å². The van der Waals surface area contributed by atoms with Gasteiger partial charge in [-0.1, -0.05) is 41.5 Å². The van der Waals surface area contributed by atoms with Crippen molar-refractivity contribution in [3.05, 3.63) is 0 Å². The molecule has 1 heterocycles. The minimum atomic E-state index is 0.494. The molecular weight excluding hydrogens is 256 g/mol. The molecule has 0 spiro atoms. The van der Waals surface area contributed by atoms with Gasteiger partial charge in [0.1, 0.15) is 0 Å². The minimum absolute atomic E-state index is 0.494. The fourth-order valence-corrected chi connectivity index (χ4v) is 5.48. The lowest BCUT2D eigenvalue weighted by Crippen LogP contribution is -2.58. The number of rotatable bonds is 3. The Morgan fingerprint density at radius 2 is 1.62 bits per heavy atom. The summed E-state index contributed by atoms with van der Waals surface area (Å²) in [4.78, 5) is 2.85. The molecule has 0 amide bonds. The van der Waals surface area contributed by atoms with Crippen molar-refractivity contribution in [2.45, 2.75) is 92.3 Å². The zero-order valence-electron chi connectivity index (χ0n) is 15.5. The van der Waals surface area contributed by atoms with Crippen LogP contribution in [0, 0.1) is 16.7 Å². The van der Waals surface area contributed by atoms with Gasteiger partial charge in [-0.05, 0) is 55.9 Å². The van der Waals surface area contributed by atoms with Gasteiger partial charge < -0.3 is 5.32 Å². The molecule has 1 saturated carbocycles. The van der Waals surface area contributed by atoms with Crippen LogP contribution in [0.25, 0.3) is 0 Å². The van der Waals surface area contributed by atoms with Gasteiger partial charge in [0.15, 0.2) is 0 Å². The number of hydrogen-bond donors (Lipinski definition) is 1. The Morgan fingerprint density at radius 3 is 2.14 bits per heavy atom. The number of nitrogens with one attached hydrogen (secondary N) is 1. The van der Waals surface area contributed by atoms with Gasteiger partial charge in [0.05, 0.1) is 0 Å². The highest BCUT2D eigenvalue weighted by Gasteiger charge is 2.43. The second-order valence-electron chi connectivity index (χ2n) is 9.36. The van der Waals surface area contributed by atoms with Crippen molar-refractivity contribution >= 4 is 0 Å². The summed E-state index contributed by atoms with van der Waals surface area (Å²) < 4.78 is 0. The zero-order valence-corrected chi connectivity index (χ0v) is 15.5. The molecule has 0 aromatic carbocycles. The zero-order chi connectivity index (χ0) is 15.8. The van der Waals surface area contributed by atoms with E-state index in [1.54, 1.807) is 0 Å². The molecule has 1 aliphatic heterocycles. The van der Waals surface area contributed by atoms with Gasteiger partial charge in [0, 0.05) is 24.7 Å².